The molecule has 0 fully saturated rings. The molecule has 3 aromatic carbocycles. The molecule has 0 amide bonds. The fraction of sp³-hybridized carbons (Fsp3) is 0.432. The van der Waals surface area contributed by atoms with Crippen LogP contribution in [0, 0.1) is 13.8 Å². The minimum atomic E-state index is -2.85. The summed E-state index contributed by atoms with van der Waals surface area (Å²) in [7, 11) is 0. The van der Waals surface area contributed by atoms with Crippen molar-refractivity contribution in [2.24, 2.45) is 0 Å². The zero-order valence-electron chi connectivity index (χ0n) is 27.6. The molecule has 3 rings (SSSR count). The van der Waals surface area contributed by atoms with Crippen molar-refractivity contribution in [2.45, 2.75) is 87.2 Å². The van der Waals surface area contributed by atoms with Crippen LogP contribution in [0.5, 0.6) is 0 Å². The first kappa shape index (κ1) is 38.3. The molecule has 0 saturated heterocycles. The molecule has 0 saturated carbocycles. The maximum Gasteiger partial charge on any atom is 0.302 e. The molecular formula is C37H49F2NO4. The summed E-state index contributed by atoms with van der Waals surface area (Å²) in [6.45, 7) is 17.0. The number of esters is 1. The summed E-state index contributed by atoms with van der Waals surface area (Å²) >= 11 is 0. The first-order valence-corrected chi connectivity index (χ1v) is 15.2. The minimum absolute atomic E-state index is 0.0243. The van der Waals surface area contributed by atoms with E-state index in [-0.39, 0.29) is 29.7 Å². The van der Waals surface area contributed by atoms with Gasteiger partial charge in [-0.15, -0.1) is 0 Å². The molecule has 0 aliphatic rings. The third-order valence-electron chi connectivity index (χ3n) is 6.71. The van der Waals surface area contributed by atoms with Crippen molar-refractivity contribution in [3.05, 3.63) is 94.5 Å². The SMILES string of the molecule is CC(=O)OCc1ccccc1-c1ccc(C(C)(F)F)cc1.CC(C)=O.CCCN(CCC)CCC(=O)c1ccc(C)c(C)c1. The highest BCUT2D eigenvalue weighted by molar-refractivity contribution is 5.96. The van der Waals surface area contributed by atoms with Crippen LogP contribution < -0.4 is 0 Å². The fourth-order valence-corrected chi connectivity index (χ4v) is 4.34. The van der Waals surface area contributed by atoms with Crippen molar-refractivity contribution < 1.29 is 27.9 Å². The van der Waals surface area contributed by atoms with Crippen molar-refractivity contribution >= 4 is 17.5 Å². The number of ketones is 2. The largest absolute Gasteiger partial charge is 0.461 e. The number of alkyl halides is 2. The Bertz CT molecular complexity index is 1320. The predicted octanol–water partition coefficient (Wildman–Crippen LogP) is 9.12. The second kappa shape index (κ2) is 19.5. The smallest absolute Gasteiger partial charge is 0.302 e. The number of benzene rings is 3. The van der Waals surface area contributed by atoms with Gasteiger partial charge in [-0.05, 0) is 87.5 Å². The topological polar surface area (TPSA) is 63.7 Å². The van der Waals surface area contributed by atoms with Gasteiger partial charge in [0.2, 0.25) is 0 Å². The summed E-state index contributed by atoms with van der Waals surface area (Å²) in [6.07, 6.45) is 2.93. The van der Waals surface area contributed by atoms with Gasteiger partial charge >= 0.3 is 5.97 Å². The number of hydrogen-bond acceptors (Lipinski definition) is 5. The van der Waals surface area contributed by atoms with Crippen molar-refractivity contribution in [3.63, 3.8) is 0 Å². The standard InChI is InChI=1S/C17H16F2O2.C17H27NO.C3H6O/c1-12(20)21-11-14-5-3-4-6-16(14)13-7-9-15(10-8-13)17(2,18)19;1-5-10-18(11-6-2)12-9-17(19)16-8-7-14(3)15(4)13-16;1-3(2)4/h3-10H,11H2,1-2H3;7-8,13H,5-6,9-12H2,1-4H3;1-2H3. The molecule has 5 nitrogen and oxygen atoms in total. The molecule has 0 aromatic heterocycles. The molecule has 7 heteroatoms. The van der Waals surface area contributed by atoms with Crippen molar-refractivity contribution in [1.29, 1.82) is 0 Å². The first-order chi connectivity index (χ1) is 20.7. The number of nitrogens with zero attached hydrogens (tertiary/aromatic N) is 1. The van der Waals surface area contributed by atoms with Gasteiger partial charge in [0.25, 0.3) is 5.92 Å². The molecule has 44 heavy (non-hydrogen) atoms. The highest BCUT2D eigenvalue weighted by atomic mass is 19.3. The van der Waals surface area contributed by atoms with Gasteiger partial charge in [0.05, 0.1) is 0 Å². The van der Waals surface area contributed by atoms with E-state index >= 15 is 0 Å². The van der Waals surface area contributed by atoms with Crippen molar-refractivity contribution in [3.8, 4) is 11.1 Å². The van der Waals surface area contributed by atoms with E-state index in [0.29, 0.717) is 6.42 Å². The molecule has 0 atom stereocenters. The van der Waals surface area contributed by atoms with Crippen LogP contribution >= 0.6 is 0 Å². The second-order valence-corrected chi connectivity index (χ2v) is 11.1. The van der Waals surface area contributed by atoms with Gasteiger partial charge in [-0.1, -0.05) is 74.5 Å². The van der Waals surface area contributed by atoms with E-state index in [1.54, 1.807) is 12.1 Å². The summed E-state index contributed by atoms with van der Waals surface area (Å²) in [6, 6.07) is 19.6. The molecule has 0 spiro atoms. The van der Waals surface area contributed by atoms with Gasteiger partial charge < -0.3 is 14.4 Å². The summed E-state index contributed by atoms with van der Waals surface area (Å²) in [5, 5.41) is 0. The van der Waals surface area contributed by atoms with Crippen LogP contribution in [0.2, 0.25) is 0 Å². The molecule has 0 radical (unpaired) electrons. The van der Waals surface area contributed by atoms with Gasteiger partial charge in [-0.2, -0.15) is 0 Å². The lowest BCUT2D eigenvalue weighted by Gasteiger charge is -2.20. The molecule has 0 aliphatic heterocycles. The maximum atomic E-state index is 13.2. The average Bonchev–Trinajstić information content (AvgIpc) is 2.96. The highest BCUT2D eigenvalue weighted by Gasteiger charge is 2.23. The average molecular weight is 610 g/mol. The predicted molar refractivity (Wildman–Crippen MR) is 175 cm³/mol. The highest BCUT2D eigenvalue weighted by Crippen LogP contribution is 2.30. The number of aryl methyl sites for hydroxylation is 2. The van der Waals surface area contributed by atoms with Crippen LogP contribution in [0.25, 0.3) is 11.1 Å². The van der Waals surface area contributed by atoms with Crippen molar-refractivity contribution in [2.75, 3.05) is 19.6 Å². The summed E-state index contributed by atoms with van der Waals surface area (Å²) in [5.41, 5.74) is 5.79. The van der Waals surface area contributed by atoms with Gasteiger partial charge in [0.1, 0.15) is 12.4 Å². The monoisotopic (exact) mass is 609 g/mol. The van der Waals surface area contributed by atoms with Gasteiger partial charge in [-0.25, -0.2) is 8.78 Å². The molecule has 0 heterocycles. The number of Topliss-reactive ketones (excluding diaryl/α,β-unsaturated/α-hetero) is 2. The normalized spacial score (nSPS) is 10.7. The number of halogens is 2. The van der Waals surface area contributed by atoms with Crippen LogP contribution in [0.3, 0.4) is 0 Å². The Kier molecular flexibility index (Phi) is 17.0. The Balaban J connectivity index is 0.000000394. The summed E-state index contributed by atoms with van der Waals surface area (Å²) < 4.78 is 31.4. The van der Waals surface area contributed by atoms with E-state index in [2.05, 4.69) is 32.6 Å². The fourth-order valence-electron chi connectivity index (χ4n) is 4.34. The molecule has 0 bridgehead atoms. The van der Waals surface area contributed by atoms with Gasteiger partial charge in [0.15, 0.2) is 5.78 Å². The number of hydrogen-bond donors (Lipinski definition) is 0. The quantitative estimate of drug-likeness (QED) is 0.151. The Morgan fingerprint density at radius 1 is 0.795 bits per heavy atom. The number of carbonyl (C=O) groups excluding carboxylic acids is 3. The lowest BCUT2D eigenvalue weighted by molar-refractivity contribution is -0.142. The van der Waals surface area contributed by atoms with E-state index in [9.17, 15) is 23.2 Å². The Morgan fingerprint density at radius 2 is 1.36 bits per heavy atom. The van der Waals surface area contributed by atoms with Crippen LogP contribution in [-0.2, 0) is 26.9 Å². The summed E-state index contributed by atoms with van der Waals surface area (Å²) in [5.74, 6) is -2.78. The lowest BCUT2D eigenvalue weighted by Crippen LogP contribution is -2.28. The number of rotatable bonds is 12. The Labute approximate surface area is 262 Å². The van der Waals surface area contributed by atoms with Crippen LogP contribution in [0.4, 0.5) is 8.78 Å². The Hall–Kier alpha value is -3.71. The third kappa shape index (κ3) is 14.6. The minimum Gasteiger partial charge on any atom is -0.461 e. The van der Waals surface area contributed by atoms with Crippen LogP contribution in [0.15, 0.2) is 66.7 Å². The molecule has 0 aliphatic carbocycles. The first-order valence-electron chi connectivity index (χ1n) is 15.2. The summed E-state index contributed by atoms with van der Waals surface area (Å²) in [4.78, 5) is 34.9. The number of carbonyl (C=O) groups is 3. The maximum absolute atomic E-state index is 13.2. The van der Waals surface area contributed by atoms with E-state index in [1.807, 2.05) is 42.5 Å². The molecular weight excluding hydrogens is 560 g/mol. The van der Waals surface area contributed by atoms with E-state index in [1.165, 1.54) is 44.0 Å². The zero-order valence-corrected chi connectivity index (χ0v) is 27.6. The van der Waals surface area contributed by atoms with Crippen LogP contribution in [0.1, 0.15) is 93.4 Å². The molecule has 240 valence electrons. The molecule has 0 unspecified atom stereocenters. The third-order valence-corrected chi connectivity index (χ3v) is 6.71. The number of ether oxygens (including phenoxy) is 1. The Morgan fingerprint density at radius 3 is 1.86 bits per heavy atom. The van der Waals surface area contributed by atoms with Crippen LogP contribution in [-0.4, -0.2) is 42.1 Å². The van der Waals surface area contributed by atoms with E-state index in [0.717, 1.165) is 61.7 Å². The van der Waals surface area contributed by atoms with Gasteiger partial charge in [0, 0.05) is 37.9 Å². The van der Waals surface area contributed by atoms with E-state index in [4.69, 9.17) is 4.74 Å². The van der Waals surface area contributed by atoms with Gasteiger partial charge in [-0.3, -0.25) is 9.59 Å². The zero-order chi connectivity index (χ0) is 33.3. The van der Waals surface area contributed by atoms with E-state index < -0.39 is 5.92 Å². The molecule has 3 aromatic rings. The van der Waals surface area contributed by atoms with Crippen molar-refractivity contribution in [1.82, 2.24) is 4.90 Å². The second-order valence-electron chi connectivity index (χ2n) is 11.1. The molecule has 0 N–H and O–H groups in total. The lowest BCUT2D eigenvalue weighted by atomic mass is 9.98.